The highest BCUT2D eigenvalue weighted by Gasteiger charge is 2.61. The minimum absolute atomic E-state index is 0.00167. The fourth-order valence-corrected chi connectivity index (χ4v) is 6.13. The minimum atomic E-state index is -3.51. The molecule has 1 aromatic rings. The Kier molecular flexibility index (Phi) is 5.58. The van der Waals surface area contributed by atoms with Gasteiger partial charge in [0, 0.05) is 12.1 Å². The van der Waals surface area contributed by atoms with E-state index in [2.05, 4.69) is 11.7 Å². The van der Waals surface area contributed by atoms with E-state index >= 15 is 0 Å². The maximum atomic E-state index is 14.4. The van der Waals surface area contributed by atoms with Crippen LogP contribution < -0.4 is 4.74 Å². The summed E-state index contributed by atoms with van der Waals surface area (Å²) in [6.07, 6.45) is 7.02. The van der Waals surface area contributed by atoms with Gasteiger partial charge in [-0.2, -0.15) is 8.78 Å². The van der Waals surface area contributed by atoms with Gasteiger partial charge in [0.2, 0.25) is 0 Å². The van der Waals surface area contributed by atoms with Crippen LogP contribution in [0, 0.1) is 46.5 Å². The molecule has 0 unspecified atom stereocenters. The number of rotatable bonds is 6. The van der Waals surface area contributed by atoms with Gasteiger partial charge in [0.05, 0.1) is 5.92 Å². The zero-order chi connectivity index (χ0) is 20.8. The summed E-state index contributed by atoms with van der Waals surface area (Å²) in [6, 6.07) is 0.935. The first-order valence-electron chi connectivity index (χ1n) is 10.9. The summed E-state index contributed by atoms with van der Waals surface area (Å²) in [7, 11) is 0. The van der Waals surface area contributed by atoms with Crippen molar-refractivity contribution >= 4 is 0 Å². The number of hydrogen-bond acceptors (Lipinski definition) is 1. The van der Waals surface area contributed by atoms with Gasteiger partial charge in [0.1, 0.15) is 5.75 Å². The summed E-state index contributed by atoms with van der Waals surface area (Å²) in [6.45, 7) is 2.23. The molecule has 0 aliphatic heterocycles. The number of benzene rings is 1. The van der Waals surface area contributed by atoms with Gasteiger partial charge in [0.25, 0.3) is 0 Å². The molecule has 0 heterocycles. The number of ether oxygens (including phenoxy) is 1. The van der Waals surface area contributed by atoms with Crippen molar-refractivity contribution in [2.45, 2.75) is 77.2 Å². The third-order valence-corrected chi connectivity index (χ3v) is 7.69. The van der Waals surface area contributed by atoms with Gasteiger partial charge in [-0.15, -0.1) is 0 Å². The van der Waals surface area contributed by atoms with Gasteiger partial charge in [-0.25, -0.2) is 13.2 Å². The Hall–Kier alpha value is -1.33. The molecule has 1 aromatic carbocycles. The van der Waals surface area contributed by atoms with Gasteiger partial charge in [-0.3, -0.25) is 0 Å². The Bertz CT molecular complexity index is 704. The van der Waals surface area contributed by atoms with Crippen LogP contribution in [0.1, 0.15) is 71.1 Å². The van der Waals surface area contributed by atoms with E-state index in [0.717, 1.165) is 24.7 Å². The molecule has 0 radical (unpaired) electrons. The van der Waals surface area contributed by atoms with Gasteiger partial charge >= 0.3 is 6.11 Å². The zero-order valence-corrected chi connectivity index (χ0v) is 16.8. The van der Waals surface area contributed by atoms with E-state index in [1.54, 1.807) is 0 Å². The molecule has 0 bridgehead atoms. The van der Waals surface area contributed by atoms with Crippen LogP contribution in [0.4, 0.5) is 22.0 Å². The summed E-state index contributed by atoms with van der Waals surface area (Å²) >= 11 is 0. The molecule has 0 saturated heterocycles. The average Bonchev–Trinajstić information content (AvgIpc) is 2.58. The Morgan fingerprint density at radius 2 is 1.52 bits per heavy atom. The van der Waals surface area contributed by atoms with Crippen LogP contribution in [0.5, 0.6) is 5.75 Å². The summed E-state index contributed by atoms with van der Waals surface area (Å²) < 4.78 is 72.9. The highest BCUT2D eigenvalue weighted by Crippen LogP contribution is 2.66. The standard InChI is InChI=1S/C23H29F5O/c1-2-3-14-4-6-15(7-5-14)16-10-22(11-16)12-17(13-22)23(27,28)29-18-8-19(24)21(26)20(25)9-18/h8-9,14-17H,2-7,10-13H2,1H3. The summed E-state index contributed by atoms with van der Waals surface area (Å²) in [5, 5.41) is 0. The molecular weight excluding hydrogens is 387 g/mol. The van der Waals surface area contributed by atoms with Crippen molar-refractivity contribution in [2.24, 2.45) is 29.1 Å². The third kappa shape index (κ3) is 4.13. The van der Waals surface area contributed by atoms with Crippen molar-refractivity contribution in [3.05, 3.63) is 29.6 Å². The Labute approximate surface area is 169 Å². The molecule has 3 fully saturated rings. The van der Waals surface area contributed by atoms with Crippen LogP contribution in [0.3, 0.4) is 0 Å². The molecule has 3 saturated carbocycles. The second-order valence-corrected chi connectivity index (χ2v) is 9.71. The molecule has 162 valence electrons. The monoisotopic (exact) mass is 416 g/mol. The number of halogens is 5. The molecule has 1 spiro atoms. The first-order chi connectivity index (χ1) is 13.7. The molecular formula is C23H29F5O. The predicted octanol–water partition coefficient (Wildman–Crippen LogP) is 7.49. The van der Waals surface area contributed by atoms with E-state index in [4.69, 9.17) is 0 Å². The highest BCUT2D eigenvalue weighted by atomic mass is 19.3. The number of alkyl halides is 2. The van der Waals surface area contributed by atoms with E-state index in [1.807, 2.05) is 0 Å². The van der Waals surface area contributed by atoms with Crippen molar-refractivity contribution in [1.29, 1.82) is 0 Å². The fourth-order valence-electron chi connectivity index (χ4n) is 6.13. The topological polar surface area (TPSA) is 9.23 Å². The van der Waals surface area contributed by atoms with Crippen LogP contribution in [0.15, 0.2) is 12.1 Å². The lowest BCUT2D eigenvalue weighted by molar-refractivity contribution is -0.270. The fraction of sp³-hybridized carbons (Fsp3) is 0.739. The van der Waals surface area contributed by atoms with Crippen LogP contribution >= 0.6 is 0 Å². The van der Waals surface area contributed by atoms with Gasteiger partial charge in [0.15, 0.2) is 17.5 Å². The molecule has 6 heteroatoms. The lowest BCUT2D eigenvalue weighted by Gasteiger charge is -2.60. The molecule has 3 aliphatic rings. The van der Waals surface area contributed by atoms with Gasteiger partial charge < -0.3 is 4.74 Å². The summed E-state index contributed by atoms with van der Waals surface area (Å²) in [5.41, 5.74) is 0.00167. The molecule has 29 heavy (non-hydrogen) atoms. The molecule has 0 atom stereocenters. The molecule has 0 amide bonds. The summed E-state index contributed by atoms with van der Waals surface area (Å²) in [4.78, 5) is 0. The normalized spacial score (nSPS) is 34.6. The van der Waals surface area contributed by atoms with Crippen LogP contribution in [-0.4, -0.2) is 6.11 Å². The number of hydrogen-bond donors (Lipinski definition) is 0. The summed E-state index contributed by atoms with van der Waals surface area (Å²) in [5.74, 6) is -4.11. The van der Waals surface area contributed by atoms with Crippen molar-refractivity contribution in [2.75, 3.05) is 0 Å². The Morgan fingerprint density at radius 1 is 0.931 bits per heavy atom. The highest BCUT2D eigenvalue weighted by molar-refractivity contribution is 5.25. The van der Waals surface area contributed by atoms with Crippen molar-refractivity contribution in [3.8, 4) is 5.75 Å². The third-order valence-electron chi connectivity index (χ3n) is 7.69. The maximum absolute atomic E-state index is 14.4. The van der Waals surface area contributed by atoms with Crippen LogP contribution in [0.2, 0.25) is 0 Å². The smallest absolute Gasteiger partial charge is 0.400 e. The quantitative estimate of drug-likeness (QED) is 0.345. The van der Waals surface area contributed by atoms with Crippen molar-refractivity contribution in [3.63, 3.8) is 0 Å². The van der Waals surface area contributed by atoms with Gasteiger partial charge in [-0.1, -0.05) is 32.6 Å². The van der Waals surface area contributed by atoms with E-state index in [0.29, 0.717) is 30.9 Å². The molecule has 1 nitrogen and oxygen atoms in total. The van der Waals surface area contributed by atoms with Gasteiger partial charge in [-0.05, 0) is 61.7 Å². The Balaban J connectivity index is 1.26. The van der Waals surface area contributed by atoms with Crippen LogP contribution in [-0.2, 0) is 0 Å². The Morgan fingerprint density at radius 3 is 2.07 bits per heavy atom. The van der Waals surface area contributed by atoms with E-state index in [9.17, 15) is 22.0 Å². The molecule has 0 aromatic heterocycles. The first-order valence-corrected chi connectivity index (χ1v) is 10.9. The lowest BCUT2D eigenvalue weighted by Crippen LogP contribution is -2.55. The largest absolute Gasteiger partial charge is 0.432 e. The molecule has 0 N–H and O–H groups in total. The van der Waals surface area contributed by atoms with E-state index in [-0.39, 0.29) is 5.41 Å². The molecule has 4 rings (SSSR count). The van der Waals surface area contributed by atoms with Crippen LogP contribution in [0.25, 0.3) is 0 Å². The minimum Gasteiger partial charge on any atom is -0.432 e. The SMILES string of the molecule is CCCC1CCC(C2CC3(C2)CC(C(F)(F)Oc2cc(F)c(F)c(F)c2)C3)CC1. The average molecular weight is 416 g/mol. The second kappa shape index (κ2) is 7.73. The lowest BCUT2D eigenvalue weighted by atomic mass is 9.45. The van der Waals surface area contributed by atoms with Crippen molar-refractivity contribution in [1.82, 2.24) is 0 Å². The zero-order valence-electron chi connectivity index (χ0n) is 16.8. The predicted molar refractivity (Wildman–Crippen MR) is 100 cm³/mol. The van der Waals surface area contributed by atoms with Crippen molar-refractivity contribution < 1.29 is 26.7 Å². The van der Waals surface area contributed by atoms with E-state index in [1.165, 1.54) is 38.5 Å². The molecule has 3 aliphatic carbocycles. The first kappa shape index (κ1) is 20.9. The second-order valence-electron chi connectivity index (χ2n) is 9.71. The van der Waals surface area contributed by atoms with E-state index < -0.39 is 35.2 Å². The maximum Gasteiger partial charge on any atom is 0.400 e.